The number of furan rings is 1. The van der Waals surface area contributed by atoms with E-state index in [0.717, 1.165) is 6.07 Å². The molecule has 0 spiro atoms. The maximum atomic E-state index is 12.2. The molecule has 0 aliphatic rings. The molecule has 8 nitrogen and oxygen atoms in total. The van der Waals surface area contributed by atoms with Crippen molar-refractivity contribution < 1.29 is 17.8 Å². The van der Waals surface area contributed by atoms with Crippen molar-refractivity contribution in [1.82, 2.24) is 4.72 Å². The number of nitrogens with one attached hydrogen (secondary N) is 2. The van der Waals surface area contributed by atoms with Crippen LogP contribution in [0.15, 0.2) is 45.9 Å². The van der Waals surface area contributed by atoms with E-state index in [1.165, 1.54) is 18.4 Å². The maximum Gasteiger partial charge on any atom is 0.293 e. The van der Waals surface area contributed by atoms with Gasteiger partial charge in [-0.25, -0.2) is 13.1 Å². The van der Waals surface area contributed by atoms with Crippen molar-refractivity contribution in [2.24, 2.45) is 0 Å². The predicted molar refractivity (Wildman–Crippen MR) is 89.3 cm³/mol. The van der Waals surface area contributed by atoms with E-state index in [0.29, 0.717) is 5.76 Å². The van der Waals surface area contributed by atoms with Crippen LogP contribution in [0.3, 0.4) is 0 Å². The van der Waals surface area contributed by atoms with Gasteiger partial charge in [0.05, 0.1) is 22.1 Å². The minimum Gasteiger partial charge on any atom is -0.467 e. The van der Waals surface area contributed by atoms with Crippen LogP contribution in [0.25, 0.3) is 0 Å². The normalized spacial score (nSPS) is 13.0. The molecule has 9 heteroatoms. The molecule has 0 radical (unpaired) electrons. The Labute approximate surface area is 140 Å². The molecule has 2 N–H and O–H groups in total. The summed E-state index contributed by atoms with van der Waals surface area (Å²) in [6.45, 7) is 5.13. The van der Waals surface area contributed by atoms with Crippen molar-refractivity contribution in [3.8, 4) is 0 Å². The first-order valence-electron chi connectivity index (χ1n) is 7.31. The summed E-state index contributed by atoms with van der Waals surface area (Å²) in [4.78, 5) is 10.5. The third-order valence-corrected chi connectivity index (χ3v) is 4.87. The summed E-state index contributed by atoms with van der Waals surface area (Å²) in [5, 5.41) is 14.3. The van der Waals surface area contributed by atoms with E-state index in [2.05, 4.69) is 10.0 Å². The van der Waals surface area contributed by atoms with Crippen LogP contribution in [0, 0.1) is 10.1 Å². The number of nitro groups is 1. The summed E-state index contributed by atoms with van der Waals surface area (Å²) in [5.74, 6) is 0.613. The summed E-state index contributed by atoms with van der Waals surface area (Å²) in [6.07, 6.45) is 1.51. The minimum absolute atomic E-state index is 0.154. The Kier molecular flexibility index (Phi) is 5.25. The van der Waals surface area contributed by atoms with Crippen LogP contribution in [0.4, 0.5) is 11.4 Å². The molecule has 0 unspecified atom stereocenters. The highest BCUT2D eigenvalue weighted by Crippen LogP contribution is 2.30. The van der Waals surface area contributed by atoms with Crippen molar-refractivity contribution in [2.75, 3.05) is 5.32 Å². The Bertz CT molecular complexity index is 816. The zero-order valence-electron chi connectivity index (χ0n) is 13.5. The van der Waals surface area contributed by atoms with Crippen molar-refractivity contribution in [3.63, 3.8) is 0 Å². The molecule has 0 saturated carbocycles. The number of hydrogen-bond donors (Lipinski definition) is 2. The zero-order chi connectivity index (χ0) is 17.9. The van der Waals surface area contributed by atoms with Gasteiger partial charge in [-0.05, 0) is 45.0 Å². The highest BCUT2D eigenvalue weighted by molar-refractivity contribution is 7.89. The predicted octanol–water partition coefficient (Wildman–Crippen LogP) is 3.05. The van der Waals surface area contributed by atoms with Crippen molar-refractivity contribution in [3.05, 3.63) is 52.5 Å². The van der Waals surface area contributed by atoms with Gasteiger partial charge in [0.25, 0.3) is 5.69 Å². The fourth-order valence-electron chi connectivity index (χ4n) is 2.17. The summed E-state index contributed by atoms with van der Waals surface area (Å²) in [7, 11) is -3.80. The van der Waals surface area contributed by atoms with E-state index < -0.39 is 14.9 Å². The Morgan fingerprint density at radius 3 is 2.46 bits per heavy atom. The fourth-order valence-corrected chi connectivity index (χ4v) is 3.44. The number of rotatable bonds is 7. The number of sulfonamides is 1. The molecule has 24 heavy (non-hydrogen) atoms. The lowest BCUT2D eigenvalue weighted by Crippen LogP contribution is -2.30. The highest BCUT2D eigenvalue weighted by atomic mass is 32.2. The van der Waals surface area contributed by atoms with Crippen LogP contribution >= 0.6 is 0 Å². The molecule has 1 heterocycles. The van der Waals surface area contributed by atoms with Crippen molar-refractivity contribution in [1.29, 1.82) is 0 Å². The smallest absolute Gasteiger partial charge is 0.293 e. The van der Waals surface area contributed by atoms with Gasteiger partial charge in [0.1, 0.15) is 11.4 Å². The summed E-state index contributed by atoms with van der Waals surface area (Å²) in [5.41, 5.74) is -0.104. The van der Waals surface area contributed by atoms with Gasteiger partial charge in [-0.2, -0.15) is 0 Å². The standard InChI is InChI=1S/C15H19N3O5S/c1-10(2)17-24(21,22)12-6-7-13(14(9-12)18(19)20)16-11(3)15-5-4-8-23-15/h4-11,16-17H,1-3H3/t11-/m0/s1. The van der Waals surface area contributed by atoms with Crippen molar-refractivity contribution in [2.45, 2.75) is 37.8 Å². The van der Waals surface area contributed by atoms with Crippen LogP contribution < -0.4 is 10.0 Å². The number of anilines is 1. The second kappa shape index (κ2) is 7.02. The molecule has 0 amide bonds. The fraction of sp³-hybridized carbons (Fsp3) is 0.333. The van der Waals surface area contributed by atoms with Crippen LogP contribution in [0.5, 0.6) is 0 Å². The molecule has 0 fully saturated rings. The number of hydrogen-bond acceptors (Lipinski definition) is 6. The molecule has 0 saturated heterocycles. The highest BCUT2D eigenvalue weighted by Gasteiger charge is 2.23. The molecule has 1 aromatic carbocycles. The van der Waals surface area contributed by atoms with Gasteiger partial charge in [-0.1, -0.05) is 0 Å². The Morgan fingerprint density at radius 2 is 1.92 bits per heavy atom. The van der Waals surface area contributed by atoms with E-state index in [1.54, 1.807) is 32.9 Å². The third-order valence-electron chi connectivity index (χ3n) is 3.21. The Balaban J connectivity index is 2.35. The maximum absolute atomic E-state index is 12.2. The Morgan fingerprint density at radius 1 is 1.21 bits per heavy atom. The Hall–Kier alpha value is -2.39. The quantitative estimate of drug-likeness (QED) is 0.584. The topological polar surface area (TPSA) is 114 Å². The van der Waals surface area contributed by atoms with Gasteiger partial charge in [0.15, 0.2) is 0 Å². The molecule has 0 aliphatic carbocycles. The van der Waals surface area contributed by atoms with E-state index in [-0.39, 0.29) is 28.4 Å². The first kappa shape index (κ1) is 18.0. The number of benzene rings is 1. The van der Waals surface area contributed by atoms with Crippen LogP contribution in [0.1, 0.15) is 32.6 Å². The van der Waals surface area contributed by atoms with Crippen LogP contribution in [-0.4, -0.2) is 19.4 Å². The van der Waals surface area contributed by atoms with Crippen LogP contribution in [0.2, 0.25) is 0 Å². The molecule has 2 aromatic rings. The zero-order valence-corrected chi connectivity index (χ0v) is 14.3. The van der Waals surface area contributed by atoms with Gasteiger partial charge >= 0.3 is 0 Å². The van der Waals surface area contributed by atoms with Gasteiger partial charge in [0.2, 0.25) is 10.0 Å². The molecular formula is C15H19N3O5S. The van der Waals surface area contributed by atoms with E-state index in [9.17, 15) is 18.5 Å². The SMILES string of the molecule is CC(C)NS(=O)(=O)c1ccc(N[C@@H](C)c2ccco2)c([N+](=O)[O-])c1. The van der Waals surface area contributed by atoms with Crippen molar-refractivity contribution >= 4 is 21.4 Å². The van der Waals surface area contributed by atoms with Gasteiger partial charge < -0.3 is 9.73 Å². The summed E-state index contributed by atoms with van der Waals surface area (Å²) in [6, 6.07) is 6.59. The lowest BCUT2D eigenvalue weighted by atomic mass is 10.2. The number of nitro benzene ring substituents is 1. The molecule has 2 rings (SSSR count). The monoisotopic (exact) mass is 353 g/mol. The molecular weight excluding hydrogens is 334 g/mol. The molecule has 130 valence electrons. The van der Waals surface area contributed by atoms with Gasteiger partial charge in [0, 0.05) is 12.1 Å². The summed E-state index contributed by atoms with van der Waals surface area (Å²) >= 11 is 0. The second-order valence-corrected chi connectivity index (χ2v) is 7.31. The molecule has 1 aromatic heterocycles. The lowest BCUT2D eigenvalue weighted by Gasteiger charge is -2.14. The first-order chi connectivity index (χ1) is 11.2. The first-order valence-corrected chi connectivity index (χ1v) is 8.79. The summed E-state index contributed by atoms with van der Waals surface area (Å²) < 4.78 is 32.0. The number of nitrogens with zero attached hydrogens (tertiary/aromatic N) is 1. The molecule has 0 aliphatic heterocycles. The second-order valence-electron chi connectivity index (χ2n) is 5.59. The van der Waals surface area contributed by atoms with E-state index in [4.69, 9.17) is 4.42 Å². The van der Waals surface area contributed by atoms with E-state index >= 15 is 0 Å². The van der Waals surface area contributed by atoms with Gasteiger partial charge in [-0.3, -0.25) is 10.1 Å². The average molecular weight is 353 g/mol. The lowest BCUT2D eigenvalue weighted by molar-refractivity contribution is -0.384. The molecule has 1 atom stereocenters. The molecule has 0 bridgehead atoms. The third kappa shape index (κ3) is 4.12. The average Bonchev–Trinajstić information content (AvgIpc) is 3.00. The minimum atomic E-state index is -3.80. The van der Waals surface area contributed by atoms with Gasteiger partial charge in [-0.15, -0.1) is 0 Å². The largest absolute Gasteiger partial charge is 0.467 e. The van der Waals surface area contributed by atoms with E-state index in [1.807, 2.05) is 0 Å². The van der Waals surface area contributed by atoms with Crippen LogP contribution in [-0.2, 0) is 10.0 Å².